The first-order valence-electron chi connectivity index (χ1n) is 8.06. The minimum atomic E-state index is -0.671. The van der Waals surface area contributed by atoms with Gasteiger partial charge in [0.15, 0.2) is 0 Å². The third-order valence-electron chi connectivity index (χ3n) is 4.58. The van der Waals surface area contributed by atoms with Crippen LogP contribution >= 0.6 is 11.3 Å². The third kappa shape index (κ3) is 3.30. The number of carbonyl (C=O) groups excluding carboxylic acids is 1. The molecule has 1 amide bonds. The van der Waals surface area contributed by atoms with Crippen LogP contribution in [0.25, 0.3) is 0 Å². The number of aryl methyl sites for hydroxylation is 1. The number of amides is 1. The first-order chi connectivity index (χ1) is 11.2. The second-order valence-electron chi connectivity index (χ2n) is 6.00. The SMILES string of the molecule is N#CC1(CCc2cccs2)CCCCN1C(=O)c1ccccc1. The molecule has 1 unspecified atom stereocenters. The quantitative estimate of drug-likeness (QED) is 0.843. The summed E-state index contributed by atoms with van der Waals surface area (Å²) < 4.78 is 0. The second kappa shape index (κ2) is 6.97. The van der Waals surface area contributed by atoms with Crippen LogP contribution in [-0.4, -0.2) is 22.9 Å². The molecule has 1 fully saturated rings. The molecule has 3 rings (SSSR count). The molecule has 4 heteroatoms. The minimum absolute atomic E-state index is 0.0157. The van der Waals surface area contributed by atoms with E-state index < -0.39 is 5.54 Å². The number of benzene rings is 1. The van der Waals surface area contributed by atoms with Gasteiger partial charge in [-0.2, -0.15) is 5.26 Å². The van der Waals surface area contributed by atoms with Gasteiger partial charge in [-0.15, -0.1) is 11.3 Å². The molecule has 3 nitrogen and oxygen atoms in total. The lowest BCUT2D eigenvalue weighted by Gasteiger charge is -2.42. The minimum Gasteiger partial charge on any atom is -0.320 e. The van der Waals surface area contributed by atoms with Crippen LogP contribution in [-0.2, 0) is 6.42 Å². The number of piperidine rings is 1. The van der Waals surface area contributed by atoms with Crippen molar-refractivity contribution in [2.24, 2.45) is 0 Å². The molecular formula is C19H20N2OS. The highest BCUT2D eigenvalue weighted by atomic mass is 32.1. The van der Waals surface area contributed by atoms with E-state index in [4.69, 9.17) is 0 Å². The fourth-order valence-electron chi connectivity index (χ4n) is 3.29. The molecule has 1 aromatic heterocycles. The van der Waals surface area contributed by atoms with E-state index in [1.807, 2.05) is 41.3 Å². The summed E-state index contributed by atoms with van der Waals surface area (Å²) in [6, 6.07) is 15.9. The van der Waals surface area contributed by atoms with Gasteiger partial charge in [-0.3, -0.25) is 4.79 Å². The first-order valence-corrected chi connectivity index (χ1v) is 8.94. The van der Waals surface area contributed by atoms with Gasteiger partial charge in [0.05, 0.1) is 6.07 Å². The molecule has 1 aliphatic heterocycles. The molecule has 0 radical (unpaired) electrons. The molecule has 0 spiro atoms. The van der Waals surface area contributed by atoms with E-state index in [2.05, 4.69) is 17.5 Å². The maximum atomic E-state index is 12.9. The molecule has 1 aromatic carbocycles. The monoisotopic (exact) mass is 324 g/mol. The summed E-state index contributed by atoms with van der Waals surface area (Å²) in [7, 11) is 0. The number of hydrogen-bond donors (Lipinski definition) is 0. The van der Waals surface area contributed by atoms with Crippen molar-refractivity contribution >= 4 is 17.2 Å². The Morgan fingerprint density at radius 3 is 2.74 bits per heavy atom. The van der Waals surface area contributed by atoms with Gasteiger partial charge in [0, 0.05) is 17.0 Å². The molecule has 1 saturated heterocycles. The maximum Gasteiger partial charge on any atom is 0.255 e. The average Bonchev–Trinajstić information content (AvgIpc) is 3.14. The number of rotatable bonds is 4. The van der Waals surface area contributed by atoms with Gasteiger partial charge >= 0.3 is 0 Å². The second-order valence-corrected chi connectivity index (χ2v) is 7.03. The molecule has 0 aliphatic carbocycles. The Morgan fingerprint density at radius 1 is 1.22 bits per heavy atom. The summed E-state index contributed by atoms with van der Waals surface area (Å²) in [5.41, 5.74) is -0.0000296. The summed E-state index contributed by atoms with van der Waals surface area (Å²) in [6.45, 7) is 0.672. The largest absolute Gasteiger partial charge is 0.320 e. The van der Waals surface area contributed by atoms with Crippen molar-refractivity contribution in [3.8, 4) is 6.07 Å². The number of thiophene rings is 1. The van der Waals surface area contributed by atoms with Crippen LogP contribution in [0.5, 0.6) is 0 Å². The van der Waals surface area contributed by atoms with E-state index in [0.29, 0.717) is 18.5 Å². The Hall–Kier alpha value is -2.12. The standard InChI is InChI=1S/C19H20N2OS/c20-15-19(12-10-17-9-6-14-23-17)11-4-5-13-21(19)18(22)16-7-2-1-3-8-16/h1-3,6-9,14H,4-5,10-13H2. The third-order valence-corrected chi connectivity index (χ3v) is 5.51. The summed E-state index contributed by atoms with van der Waals surface area (Å²) in [5.74, 6) is -0.0157. The Labute approximate surface area is 141 Å². The summed E-state index contributed by atoms with van der Waals surface area (Å²) in [5, 5.41) is 12.0. The zero-order valence-corrected chi connectivity index (χ0v) is 13.9. The molecule has 118 valence electrons. The van der Waals surface area contributed by atoms with E-state index in [9.17, 15) is 10.1 Å². The summed E-state index contributed by atoms with van der Waals surface area (Å²) in [6.07, 6.45) is 4.32. The lowest BCUT2D eigenvalue weighted by molar-refractivity contribution is 0.0459. The van der Waals surface area contributed by atoms with Crippen molar-refractivity contribution in [3.05, 3.63) is 58.3 Å². The highest BCUT2D eigenvalue weighted by molar-refractivity contribution is 7.09. The lowest BCUT2D eigenvalue weighted by Crippen LogP contribution is -2.54. The van der Waals surface area contributed by atoms with Crippen LogP contribution in [0.2, 0.25) is 0 Å². The molecule has 23 heavy (non-hydrogen) atoms. The number of hydrogen-bond acceptors (Lipinski definition) is 3. The van der Waals surface area contributed by atoms with Crippen molar-refractivity contribution < 1.29 is 4.79 Å². The Morgan fingerprint density at radius 2 is 2.04 bits per heavy atom. The van der Waals surface area contributed by atoms with Crippen LogP contribution in [0, 0.1) is 11.3 Å². The normalized spacial score (nSPS) is 20.9. The van der Waals surface area contributed by atoms with Gasteiger partial charge in [0.25, 0.3) is 5.91 Å². The van der Waals surface area contributed by atoms with Gasteiger partial charge in [0.2, 0.25) is 0 Å². The van der Waals surface area contributed by atoms with E-state index in [-0.39, 0.29) is 5.91 Å². The molecule has 0 N–H and O–H groups in total. The van der Waals surface area contributed by atoms with Gasteiger partial charge in [-0.25, -0.2) is 0 Å². The Balaban J connectivity index is 1.83. The van der Waals surface area contributed by atoms with Crippen molar-refractivity contribution in [1.29, 1.82) is 5.26 Å². The van der Waals surface area contributed by atoms with E-state index in [1.165, 1.54) is 4.88 Å². The van der Waals surface area contributed by atoms with Crippen molar-refractivity contribution in [2.45, 2.75) is 37.6 Å². The molecule has 0 bridgehead atoms. The molecule has 2 heterocycles. The van der Waals surface area contributed by atoms with Crippen LogP contribution in [0.15, 0.2) is 47.8 Å². The smallest absolute Gasteiger partial charge is 0.255 e. The molecule has 0 saturated carbocycles. The van der Waals surface area contributed by atoms with E-state index >= 15 is 0 Å². The predicted molar refractivity (Wildman–Crippen MR) is 92.3 cm³/mol. The van der Waals surface area contributed by atoms with Crippen molar-refractivity contribution in [3.63, 3.8) is 0 Å². The molecule has 2 aromatic rings. The van der Waals surface area contributed by atoms with Gasteiger partial charge in [-0.05, 0) is 55.7 Å². The highest BCUT2D eigenvalue weighted by Gasteiger charge is 2.41. The van der Waals surface area contributed by atoms with Gasteiger partial charge in [0.1, 0.15) is 5.54 Å². The Kier molecular flexibility index (Phi) is 4.78. The van der Waals surface area contributed by atoms with Crippen LogP contribution < -0.4 is 0 Å². The van der Waals surface area contributed by atoms with Crippen molar-refractivity contribution in [2.75, 3.05) is 6.54 Å². The zero-order valence-electron chi connectivity index (χ0n) is 13.1. The molecule has 1 aliphatic rings. The fourth-order valence-corrected chi connectivity index (χ4v) is 3.99. The van der Waals surface area contributed by atoms with Crippen LogP contribution in [0.4, 0.5) is 0 Å². The average molecular weight is 324 g/mol. The van der Waals surface area contributed by atoms with Gasteiger partial charge in [-0.1, -0.05) is 24.3 Å². The summed E-state index contributed by atoms with van der Waals surface area (Å²) in [4.78, 5) is 16.0. The number of nitriles is 1. The maximum absolute atomic E-state index is 12.9. The Bertz CT molecular complexity index is 690. The first kappa shape index (κ1) is 15.8. The fraction of sp³-hybridized carbons (Fsp3) is 0.368. The van der Waals surface area contributed by atoms with Crippen LogP contribution in [0.1, 0.15) is 40.9 Å². The highest BCUT2D eigenvalue weighted by Crippen LogP contribution is 2.34. The number of likely N-dealkylation sites (tertiary alicyclic amines) is 1. The topological polar surface area (TPSA) is 44.1 Å². The van der Waals surface area contributed by atoms with Crippen LogP contribution in [0.3, 0.4) is 0 Å². The van der Waals surface area contributed by atoms with Gasteiger partial charge < -0.3 is 4.90 Å². The number of carbonyl (C=O) groups is 1. The van der Waals surface area contributed by atoms with Crippen molar-refractivity contribution in [1.82, 2.24) is 4.90 Å². The molecule has 1 atom stereocenters. The summed E-state index contributed by atoms with van der Waals surface area (Å²) >= 11 is 1.71. The van der Waals surface area contributed by atoms with E-state index in [0.717, 1.165) is 25.7 Å². The molecular weight excluding hydrogens is 304 g/mol. The predicted octanol–water partition coefficient (Wildman–Crippen LogP) is 4.27. The van der Waals surface area contributed by atoms with E-state index in [1.54, 1.807) is 11.3 Å². The number of nitrogens with zero attached hydrogens (tertiary/aromatic N) is 2. The lowest BCUT2D eigenvalue weighted by atomic mass is 9.83. The zero-order chi connectivity index (χ0) is 16.1.